The molecule has 4 aromatic carbocycles. The van der Waals surface area contributed by atoms with Gasteiger partial charge in [0.25, 0.3) is 23.6 Å². The zero-order valence-electron chi connectivity index (χ0n) is 33.3. The Bertz CT molecular complexity index is 2170. The van der Waals surface area contributed by atoms with Crippen molar-refractivity contribution in [1.82, 2.24) is 43.4 Å². The number of hydrogen-bond acceptors (Lipinski definition) is 14. The largest absolute Gasteiger partial charge is 0.507 e. The van der Waals surface area contributed by atoms with Crippen molar-refractivity contribution < 1.29 is 58.8 Å². The molecular formula is C41H44N8O12S2. The zero-order chi connectivity index (χ0) is 45.7. The van der Waals surface area contributed by atoms with Gasteiger partial charge in [-0.25, -0.2) is 0 Å². The number of benzene rings is 4. The van der Waals surface area contributed by atoms with E-state index in [-0.39, 0.29) is 77.4 Å². The highest BCUT2D eigenvalue weighted by atomic mass is 32.2. The van der Waals surface area contributed by atoms with E-state index in [1.807, 2.05) is 0 Å². The Kier molecular flexibility index (Phi) is 18.9. The second kappa shape index (κ2) is 24.7. The van der Waals surface area contributed by atoms with E-state index in [4.69, 9.17) is 0 Å². The number of aromatic hydroxyl groups is 4. The summed E-state index contributed by atoms with van der Waals surface area (Å²) < 4.78 is 0. The summed E-state index contributed by atoms with van der Waals surface area (Å²) in [4.78, 5) is 98.5. The minimum absolute atomic E-state index is 0.00499. The molecule has 22 heteroatoms. The van der Waals surface area contributed by atoms with Gasteiger partial charge in [-0.05, 0) is 66.1 Å². The van der Waals surface area contributed by atoms with E-state index in [9.17, 15) is 58.8 Å². The average Bonchev–Trinajstić information content (AvgIpc) is 3.27. The summed E-state index contributed by atoms with van der Waals surface area (Å²) in [5, 5.41) is 40.2. The van der Waals surface area contributed by atoms with Crippen LogP contribution in [0.1, 0.15) is 78.2 Å². The van der Waals surface area contributed by atoms with E-state index in [0.717, 1.165) is 0 Å². The minimum Gasteiger partial charge on any atom is -0.507 e. The molecule has 0 aliphatic heterocycles. The maximum atomic E-state index is 12.8. The first-order chi connectivity index (χ1) is 30.2. The van der Waals surface area contributed by atoms with Crippen molar-refractivity contribution in [2.75, 3.05) is 23.0 Å². The standard InChI is InChI=1S/C41H44N8O12S2/c50-30-7-3-1-5-26(30)38(58)46-42-34(54)13-17-62-19-15-36(56)44-48-40(60)28-22-24(9-11-32(28)52)21-25-10-12-33(53)29(23-25)41(61)49-45-37(57)16-20-63-18-14-35(55)43-47-39(59)27-6-2-4-8-31(27)51/h1-12,22-23,50-53H,13-21H2,(H,42,54)(H,43,55)(H,44,56)(H,45,57)(H,46,58)(H,47,59)(H,48,60)(H,49,61). The van der Waals surface area contributed by atoms with Crippen LogP contribution < -0.4 is 43.4 Å². The fourth-order valence-electron chi connectivity index (χ4n) is 5.21. The number of carbonyl (C=O) groups excluding carboxylic acids is 8. The number of rotatable bonds is 18. The molecule has 0 unspecified atom stereocenters. The maximum Gasteiger partial charge on any atom is 0.273 e. The van der Waals surface area contributed by atoms with Gasteiger partial charge in [-0.2, -0.15) is 23.5 Å². The predicted molar refractivity (Wildman–Crippen MR) is 231 cm³/mol. The van der Waals surface area contributed by atoms with Crippen LogP contribution in [0.4, 0.5) is 0 Å². The van der Waals surface area contributed by atoms with Crippen LogP contribution in [0.2, 0.25) is 0 Å². The number of phenolic OH excluding ortho intramolecular Hbond substituents is 4. The molecule has 0 aliphatic rings. The van der Waals surface area contributed by atoms with E-state index in [2.05, 4.69) is 43.4 Å². The number of thioether (sulfide) groups is 2. The lowest BCUT2D eigenvalue weighted by atomic mass is 10.00. The van der Waals surface area contributed by atoms with E-state index >= 15 is 0 Å². The van der Waals surface area contributed by atoms with Crippen molar-refractivity contribution in [1.29, 1.82) is 0 Å². The molecule has 8 amide bonds. The first kappa shape index (κ1) is 48.2. The molecular weight excluding hydrogens is 861 g/mol. The molecule has 0 saturated heterocycles. The van der Waals surface area contributed by atoms with Crippen LogP contribution in [0.25, 0.3) is 0 Å². The normalized spacial score (nSPS) is 10.4. The summed E-state index contributed by atoms with van der Waals surface area (Å²) >= 11 is 2.56. The molecule has 0 bridgehead atoms. The maximum absolute atomic E-state index is 12.8. The van der Waals surface area contributed by atoms with Crippen LogP contribution in [0, 0.1) is 0 Å². The minimum atomic E-state index is -0.810. The summed E-state index contributed by atoms with van der Waals surface area (Å²) in [5.74, 6) is -4.98. The molecule has 4 rings (SSSR count). The number of phenols is 4. The van der Waals surface area contributed by atoms with Crippen molar-refractivity contribution in [2.24, 2.45) is 0 Å². The highest BCUT2D eigenvalue weighted by molar-refractivity contribution is 7.99. The molecule has 0 fully saturated rings. The topological polar surface area (TPSA) is 314 Å². The highest BCUT2D eigenvalue weighted by Gasteiger charge is 2.17. The lowest BCUT2D eigenvalue weighted by Crippen LogP contribution is -2.42. The second-order valence-electron chi connectivity index (χ2n) is 13.1. The van der Waals surface area contributed by atoms with Gasteiger partial charge in [0, 0.05) is 48.7 Å². The fourth-order valence-corrected chi connectivity index (χ4v) is 6.93. The average molecular weight is 905 g/mol. The number of amides is 8. The molecule has 0 heterocycles. The van der Waals surface area contributed by atoms with Crippen molar-refractivity contribution in [3.8, 4) is 23.0 Å². The van der Waals surface area contributed by atoms with Crippen LogP contribution in [0.3, 0.4) is 0 Å². The van der Waals surface area contributed by atoms with Gasteiger partial charge in [-0.1, -0.05) is 36.4 Å². The Hall–Kier alpha value is -7.46. The number of hydrogen-bond donors (Lipinski definition) is 12. The monoisotopic (exact) mass is 904 g/mol. The first-order valence-corrected chi connectivity index (χ1v) is 21.2. The Morgan fingerprint density at radius 3 is 0.968 bits per heavy atom. The van der Waals surface area contributed by atoms with Crippen LogP contribution >= 0.6 is 23.5 Å². The molecule has 63 heavy (non-hydrogen) atoms. The second-order valence-corrected chi connectivity index (χ2v) is 15.6. The quantitative estimate of drug-likeness (QED) is 0.0499. The van der Waals surface area contributed by atoms with Crippen LogP contribution in [-0.4, -0.2) is 90.7 Å². The third kappa shape index (κ3) is 16.2. The molecule has 20 nitrogen and oxygen atoms in total. The van der Waals surface area contributed by atoms with E-state index in [1.54, 1.807) is 24.3 Å². The van der Waals surface area contributed by atoms with Crippen molar-refractivity contribution in [3.63, 3.8) is 0 Å². The van der Waals surface area contributed by atoms with Gasteiger partial charge in [0.1, 0.15) is 23.0 Å². The summed E-state index contributed by atoms with van der Waals surface area (Å²) in [7, 11) is 0. The van der Waals surface area contributed by atoms with Crippen molar-refractivity contribution in [2.45, 2.75) is 32.1 Å². The van der Waals surface area contributed by atoms with Gasteiger partial charge < -0.3 is 20.4 Å². The lowest BCUT2D eigenvalue weighted by molar-refractivity contribution is -0.122. The number of para-hydroxylation sites is 2. The summed E-state index contributed by atoms with van der Waals surface area (Å²) in [6.45, 7) is 0. The molecule has 0 aromatic heterocycles. The molecule has 0 aliphatic carbocycles. The lowest BCUT2D eigenvalue weighted by Gasteiger charge is -2.12. The molecule has 0 atom stereocenters. The molecule has 332 valence electrons. The van der Waals surface area contributed by atoms with Gasteiger partial charge in [0.05, 0.1) is 22.3 Å². The molecule has 0 spiro atoms. The van der Waals surface area contributed by atoms with E-state index < -0.39 is 47.3 Å². The Morgan fingerprint density at radius 1 is 0.365 bits per heavy atom. The van der Waals surface area contributed by atoms with Gasteiger partial charge in [-0.15, -0.1) is 0 Å². The van der Waals surface area contributed by atoms with Gasteiger partial charge in [0.15, 0.2) is 0 Å². The number of nitrogens with one attached hydrogen (secondary N) is 8. The third-order valence-corrected chi connectivity index (χ3v) is 10.4. The van der Waals surface area contributed by atoms with Crippen molar-refractivity contribution >= 4 is 70.8 Å². The molecule has 12 N–H and O–H groups in total. The summed E-state index contributed by atoms with van der Waals surface area (Å²) in [6, 6.07) is 20.1. The highest BCUT2D eigenvalue weighted by Crippen LogP contribution is 2.24. The smallest absolute Gasteiger partial charge is 0.273 e. The summed E-state index contributed by atoms with van der Waals surface area (Å²) in [5.41, 5.74) is 18.7. The fraction of sp³-hybridized carbons (Fsp3) is 0.220. The molecule has 0 saturated carbocycles. The van der Waals surface area contributed by atoms with Crippen LogP contribution in [-0.2, 0) is 25.6 Å². The third-order valence-electron chi connectivity index (χ3n) is 8.47. The van der Waals surface area contributed by atoms with Crippen LogP contribution in [0.5, 0.6) is 23.0 Å². The van der Waals surface area contributed by atoms with Crippen molar-refractivity contribution in [3.05, 3.63) is 118 Å². The molecule has 4 aromatic rings. The number of hydrazine groups is 4. The van der Waals surface area contributed by atoms with Gasteiger partial charge >= 0.3 is 0 Å². The van der Waals surface area contributed by atoms with Gasteiger partial charge in [-0.3, -0.25) is 81.8 Å². The van der Waals surface area contributed by atoms with Gasteiger partial charge in [0.2, 0.25) is 23.6 Å². The van der Waals surface area contributed by atoms with E-state index in [0.29, 0.717) is 34.1 Å². The Labute approximate surface area is 368 Å². The number of carbonyl (C=O) groups is 8. The SMILES string of the molecule is O=C(CCSCCC(=O)NNC(=O)c1cc(Cc2ccc(O)c(C(=O)NNC(=O)CCSCCC(=O)NNC(=O)c3ccccc3O)c2)ccc1O)NNC(=O)c1ccccc1O. The zero-order valence-corrected chi connectivity index (χ0v) is 35.0. The first-order valence-electron chi connectivity index (χ1n) is 18.9. The molecule has 0 radical (unpaired) electrons. The van der Waals surface area contributed by atoms with E-state index in [1.165, 1.54) is 84.2 Å². The Balaban J connectivity index is 1.12. The predicted octanol–water partition coefficient (Wildman–Crippen LogP) is 1.57. The summed E-state index contributed by atoms with van der Waals surface area (Å²) in [6.07, 6.45) is 0.174. The Morgan fingerprint density at radius 2 is 0.651 bits per heavy atom. The van der Waals surface area contributed by atoms with Crippen LogP contribution in [0.15, 0.2) is 84.9 Å².